The molecule has 0 fully saturated rings. The van der Waals surface area contributed by atoms with Crippen LogP contribution in [0, 0.1) is 0 Å². The number of carbonyl (C=O) groups excluding carboxylic acids is 3. The molecule has 0 aliphatic heterocycles. The van der Waals surface area contributed by atoms with Gasteiger partial charge in [-0.1, -0.05) is 84.4 Å². The molecule has 9 heteroatoms. The van der Waals surface area contributed by atoms with Crippen molar-refractivity contribution in [2.45, 2.75) is 44.8 Å². The molecular weight excluding hydrogens is 576 g/mol. The Balaban J connectivity index is 1.64. The summed E-state index contributed by atoms with van der Waals surface area (Å²) >= 11 is 6.62. The molecule has 8 nitrogen and oxygen atoms in total. The van der Waals surface area contributed by atoms with Crippen LogP contribution >= 0.6 is 11.6 Å². The van der Waals surface area contributed by atoms with Crippen molar-refractivity contribution < 1.29 is 19.1 Å². The van der Waals surface area contributed by atoms with Gasteiger partial charge in [0, 0.05) is 30.1 Å². The SMILES string of the molecule is CCOc1ccc(C[C@@H](C(=O)N[C@@H](Cc2ccccc2)C(=O)NCc2ccc(CN)cc2)c2c(Cl)cccc2C(N)=O)cc1. The molecule has 4 aromatic rings. The largest absolute Gasteiger partial charge is 0.494 e. The molecule has 0 saturated carbocycles. The molecule has 0 aromatic heterocycles. The molecule has 0 aliphatic carbocycles. The van der Waals surface area contributed by atoms with E-state index in [2.05, 4.69) is 10.6 Å². The van der Waals surface area contributed by atoms with Gasteiger partial charge in [-0.3, -0.25) is 14.4 Å². The van der Waals surface area contributed by atoms with Crippen molar-refractivity contribution in [3.63, 3.8) is 0 Å². The Hall–Kier alpha value is -4.66. The predicted molar refractivity (Wildman–Crippen MR) is 172 cm³/mol. The number of primary amides is 1. The summed E-state index contributed by atoms with van der Waals surface area (Å²) in [5.74, 6) is -1.73. The number of hydrogen-bond acceptors (Lipinski definition) is 5. The van der Waals surface area contributed by atoms with Crippen molar-refractivity contribution in [3.05, 3.63) is 135 Å². The van der Waals surface area contributed by atoms with Crippen LogP contribution in [0.15, 0.2) is 97.1 Å². The average Bonchev–Trinajstić information content (AvgIpc) is 3.03. The van der Waals surface area contributed by atoms with E-state index in [0.29, 0.717) is 24.5 Å². The fourth-order valence-electron chi connectivity index (χ4n) is 4.99. The highest BCUT2D eigenvalue weighted by atomic mass is 35.5. The Bertz CT molecular complexity index is 1560. The average molecular weight is 613 g/mol. The van der Waals surface area contributed by atoms with Gasteiger partial charge in [-0.25, -0.2) is 0 Å². The third-order valence-electron chi connectivity index (χ3n) is 7.30. The molecule has 0 spiro atoms. The number of amides is 3. The number of carbonyl (C=O) groups is 3. The lowest BCUT2D eigenvalue weighted by atomic mass is 9.87. The number of nitrogens with two attached hydrogens (primary N) is 2. The maximum atomic E-state index is 14.2. The minimum absolute atomic E-state index is 0.147. The molecule has 0 bridgehead atoms. The first-order chi connectivity index (χ1) is 21.3. The lowest BCUT2D eigenvalue weighted by molar-refractivity contribution is -0.129. The highest BCUT2D eigenvalue weighted by Gasteiger charge is 2.31. The molecule has 0 radical (unpaired) electrons. The maximum absolute atomic E-state index is 14.2. The Morgan fingerprint density at radius 2 is 1.41 bits per heavy atom. The first-order valence-electron chi connectivity index (χ1n) is 14.5. The third kappa shape index (κ3) is 8.69. The van der Waals surface area contributed by atoms with Crippen LogP contribution in [0.3, 0.4) is 0 Å². The van der Waals surface area contributed by atoms with Gasteiger partial charge < -0.3 is 26.8 Å². The lowest BCUT2D eigenvalue weighted by Gasteiger charge is -2.25. The Morgan fingerprint density at radius 1 is 0.773 bits per heavy atom. The van der Waals surface area contributed by atoms with Crippen molar-refractivity contribution in [1.29, 1.82) is 0 Å². The van der Waals surface area contributed by atoms with E-state index in [4.69, 9.17) is 27.8 Å². The van der Waals surface area contributed by atoms with E-state index in [9.17, 15) is 14.4 Å². The van der Waals surface area contributed by atoms with E-state index in [1.165, 1.54) is 0 Å². The van der Waals surface area contributed by atoms with Crippen molar-refractivity contribution in [3.8, 4) is 5.75 Å². The van der Waals surface area contributed by atoms with E-state index in [1.54, 1.807) is 18.2 Å². The van der Waals surface area contributed by atoms with Crippen LogP contribution in [0.2, 0.25) is 5.02 Å². The molecule has 4 aromatic carbocycles. The number of benzene rings is 4. The summed E-state index contributed by atoms with van der Waals surface area (Å²) in [6.45, 7) is 3.13. The normalized spacial score (nSPS) is 12.2. The molecule has 0 heterocycles. The van der Waals surface area contributed by atoms with Gasteiger partial charge in [-0.2, -0.15) is 0 Å². The number of hydrogen-bond donors (Lipinski definition) is 4. The molecule has 4 rings (SSSR count). The summed E-state index contributed by atoms with van der Waals surface area (Å²) in [7, 11) is 0. The monoisotopic (exact) mass is 612 g/mol. The van der Waals surface area contributed by atoms with Crippen LogP contribution in [0.5, 0.6) is 5.75 Å². The molecule has 0 unspecified atom stereocenters. The van der Waals surface area contributed by atoms with E-state index in [0.717, 1.165) is 22.3 Å². The van der Waals surface area contributed by atoms with E-state index in [-0.39, 0.29) is 35.9 Å². The van der Waals surface area contributed by atoms with Crippen molar-refractivity contribution >= 4 is 29.3 Å². The summed E-state index contributed by atoms with van der Waals surface area (Å²) in [5, 5.41) is 6.15. The first-order valence-corrected chi connectivity index (χ1v) is 14.9. The quantitative estimate of drug-likeness (QED) is 0.164. The zero-order valence-corrected chi connectivity index (χ0v) is 25.3. The Morgan fingerprint density at radius 3 is 2.05 bits per heavy atom. The molecule has 2 atom stereocenters. The summed E-state index contributed by atoms with van der Waals surface area (Å²) in [5.41, 5.74) is 15.5. The highest BCUT2D eigenvalue weighted by molar-refractivity contribution is 6.32. The van der Waals surface area contributed by atoms with Crippen molar-refractivity contribution in [2.24, 2.45) is 11.5 Å². The second kappa shape index (κ2) is 15.7. The molecule has 44 heavy (non-hydrogen) atoms. The van der Waals surface area contributed by atoms with Crippen LogP contribution in [-0.4, -0.2) is 30.4 Å². The Kier molecular flexibility index (Phi) is 11.5. The van der Waals surface area contributed by atoms with Crippen molar-refractivity contribution in [1.82, 2.24) is 10.6 Å². The fraction of sp³-hybridized carbons (Fsp3) is 0.229. The lowest BCUT2D eigenvalue weighted by Crippen LogP contribution is -2.49. The summed E-state index contributed by atoms with van der Waals surface area (Å²) in [6, 6.07) is 28.3. The molecule has 228 valence electrons. The van der Waals surface area contributed by atoms with Gasteiger partial charge in [-0.15, -0.1) is 0 Å². The van der Waals surface area contributed by atoms with Crippen LogP contribution in [0.25, 0.3) is 0 Å². The van der Waals surface area contributed by atoms with Crippen LogP contribution in [-0.2, 0) is 35.5 Å². The van der Waals surface area contributed by atoms with Gasteiger partial charge in [0.15, 0.2) is 0 Å². The van der Waals surface area contributed by atoms with Gasteiger partial charge in [0.1, 0.15) is 11.8 Å². The van der Waals surface area contributed by atoms with E-state index < -0.39 is 23.8 Å². The van der Waals surface area contributed by atoms with Crippen LogP contribution < -0.4 is 26.8 Å². The predicted octanol–water partition coefficient (Wildman–Crippen LogP) is 4.67. The zero-order valence-electron chi connectivity index (χ0n) is 24.6. The number of halogens is 1. The molecule has 0 aliphatic rings. The van der Waals surface area contributed by atoms with Crippen LogP contribution in [0.1, 0.15) is 51.0 Å². The maximum Gasteiger partial charge on any atom is 0.249 e. The number of rotatable bonds is 14. The summed E-state index contributed by atoms with van der Waals surface area (Å²) in [4.78, 5) is 40.2. The van der Waals surface area contributed by atoms with E-state index >= 15 is 0 Å². The number of ether oxygens (including phenoxy) is 1. The molecular formula is C35H37ClN4O4. The van der Waals surface area contributed by atoms with Gasteiger partial charge in [0.05, 0.1) is 12.5 Å². The highest BCUT2D eigenvalue weighted by Crippen LogP contribution is 2.32. The summed E-state index contributed by atoms with van der Waals surface area (Å²) in [6.07, 6.45) is 0.459. The van der Waals surface area contributed by atoms with Gasteiger partial charge in [0.25, 0.3) is 0 Å². The van der Waals surface area contributed by atoms with Crippen LogP contribution in [0.4, 0.5) is 0 Å². The smallest absolute Gasteiger partial charge is 0.249 e. The number of nitrogens with one attached hydrogen (secondary N) is 2. The topological polar surface area (TPSA) is 137 Å². The van der Waals surface area contributed by atoms with Gasteiger partial charge in [0.2, 0.25) is 17.7 Å². The fourth-order valence-corrected chi connectivity index (χ4v) is 5.30. The van der Waals surface area contributed by atoms with E-state index in [1.807, 2.05) is 85.8 Å². The minimum atomic E-state index is -0.918. The van der Waals surface area contributed by atoms with Gasteiger partial charge >= 0.3 is 0 Å². The Labute approximate surface area is 262 Å². The second-order valence-corrected chi connectivity index (χ2v) is 10.8. The summed E-state index contributed by atoms with van der Waals surface area (Å²) < 4.78 is 5.56. The van der Waals surface area contributed by atoms with Crippen molar-refractivity contribution in [2.75, 3.05) is 6.61 Å². The molecule has 3 amide bonds. The minimum Gasteiger partial charge on any atom is -0.494 e. The second-order valence-electron chi connectivity index (χ2n) is 10.4. The zero-order chi connectivity index (χ0) is 31.5. The third-order valence-corrected chi connectivity index (χ3v) is 7.63. The standard InChI is InChI=1S/C35H37ClN4O4/c1-2-44-27-17-15-24(16-18-27)19-29(32-28(33(38)41)9-6-10-30(32)36)34(42)40-31(20-23-7-4-3-5-8-23)35(43)39-22-26-13-11-25(21-37)12-14-26/h3-18,29,31H,2,19-22,37H2,1H3,(H2,38,41)(H,39,43)(H,40,42)/t29-,31+/m1/s1. The molecule has 0 saturated heterocycles. The first kappa shape index (κ1) is 32.3. The molecule has 6 N–H and O–H groups in total. The van der Waals surface area contributed by atoms with Gasteiger partial charge in [-0.05, 0) is 65.4 Å².